The Balaban J connectivity index is 0.000000461. The van der Waals surface area contributed by atoms with Gasteiger partial charge in [0.25, 0.3) is 0 Å². The predicted octanol–water partition coefficient (Wildman–Crippen LogP) is 3.37. The molecule has 1 rings (SSSR count). The molecule has 62 valence electrons. The van der Waals surface area contributed by atoms with E-state index >= 15 is 0 Å². The van der Waals surface area contributed by atoms with Gasteiger partial charge in [-0.3, -0.25) is 0 Å². The standard InChI is InChI=1S/C7H7ClO.C2H6/c1-9-7-4-2-6(8)3-5-7;1-2/h2-5H,1H3;1-2H3. The molecule has 0 saturated carbocycles. The second-order valence-electron chi connectivity index (χ2n) is 1.66. The number of benzene rings is 1. The highest BCUT2D eigenvalue weighted by Gasteiger charge is 1.87. The zero-order chi connectivity index (χ0) is 8.69. The lowest BCUT2D eigenvalue weighted by atomic mass is 10.3. The van der Waals surface area contributed by atoms with Gasteiger partial charge in [0, 0.05) is 5.02 Å². The number of halogens is 1. The molecule has 0 atom stereocenters. The lowest BCUT2D eigenvalue weighted by Crippen LogP contribution is -1.79. The Morgan fingerprint density at radius 3 is 1.91 bits per heavy atom. The Labute approximate surface area is 72.9 Å². The molecule has 0 amide bonds. The fourth-order valence-electron chi connectivity index (χ4n) is 0.571. The topological polar surface area (TPSA) is 9.23 Å². The molecule has 0 aromatic heterocycles. The number of methoxy groups -OCH3 is 1. The minimum Gasteiger partial charge on any atom is -0.497 e. The maximum Gasteiger partial charge on any atom is 0.118 e. The van der Waals surface area contributed by atoms with Crippen LogP contribution in [0.4, 0.5) is 0 Å². The average molecular weight is 173 g/mol. The Bertz CT molecular complexity index is 181. The Kier molecular flexibility index (Phi) is 5.67. The fourth-order valence-corrected chi connectivity index (χ4v) is 0.697. The van der Waals surface area contributed by atoms with Crippen molar-refractivity contribution in [2.75, 3.05) is 7.11 Å². The van der Waals surface area contributed by atoms with Crippen LogP contribution in [0.2, 0.25) is 5.02 Å². The molecular weight excluding hydrogens is 160 g/mol. The third-order valence-electron chi connectivity index (χ3n) is 1.05. The van der Waals surface area contributed by atoms with Crippen molar-refractivity contribution in [1.29, 1.82) is 0 Å². The summed E-state index contributed by atoms with van der Waals surface area (Å²) in [5.74, 6) is 0.833. The summed E-state index contributed by atoms with van der Waals surface area (Å²) in [5, 5.41) is 0.732. The molecule has 0 radical (unpaired) electrons. The summed E-state index contributed by atoms with van der Waals surface area (Å²) in [7, 11) is 1.63. The highest BCUT2D eigenvalue weighted by atomic mass is 35.5. The fraction of sp³-hybridized carbons (Fsp3) is 0.333. The lowest BCUT2D eigenvalue weighted by Gasteiger charge is -1.96. The van der Waals surface area contributed by atoms with Crippen LogP contribution in [0.3, 0.4) is 0 Å². The normalized spacial score (nSPS) is 8.00. The molecule has 0 spiro atoms. The number of hydrogen-bond donors (Lipinski definition) is 0. The van der Waals surface area contributed by atoms with E-state index in [1.807, 2.05) is 26.0 Å². The largest absolute Gasteiger partial charge is 0.497 e. The highest BCUT2D eigenvalue weighted by Crippen LogP contribution is 2.14. The second kappa shape index (κ2) is 6.05. The van der Waals surface area contributed by atoms with Crippen LogP contribution in [0, 0.1) is 0 Å². The van der Waals surface area contributed by atoms with Crippen LogP contribution in [0.5, 0.6) is 5.75 Å². The first kappa shape index (κ1) is 10.3. The molecule has 0 aliphatic carbocycles. The molecule has 0 unspecified atom stereocenters. The van der Waals surface area contributed by atoms with Crippen LogP contribution in [0.1, 0.15) is 13.8 Å². The smallest absolute Gasteiger partial charge is 0.118 e. The van der Waals surface area contributed by atoms with Gasteiger partial charge in [-0.25, -0.2) is 0 Å². The molecule has 0 aliphatic heterocycles. The summed E-state index contributed by atoms with van der Waals surface area (Å²) in [5.41, 5.74) is 0. The minimum atomic E-state index is 0.732. The zero-order valence-corrected chi connectivity index (χ0v) is 7.85. The summed E-state index contributed by atoms with van der Waals surface area (Å²) in [6.07, 6.45) is 0. The van der Waals surface area contributed by atoms with E-state index < -0.39 is 0 Å². The monoisotopic (exact) mass is 172 g/mol. The molecular formula is C9H13ClO. The van der Waals surface area contributed by atoms with Crippen LogP contribution < -0.4 is 4.74 Å². The van der Waals surface area contributed by atoms with Crippen molar-refractivity contribution in [3.8, 4) is 5.75 Å². The van der Waals surface area contributed by atoms with Gasteiger partial charge >= 0.3 is 0 Å². The first-order valence-electron chi connectivity index (χ1n) is 3.62. The van der Waals surface area contributed by atoms with Gasteiger partial charge < -0.3 is 4.74 Å². The number of hydrogen-bond acceptors (Lipinski definition) is 1. The van der Waals surface area contributed by atoms with Gasteiger partial charge in [-0.05, 0) is 24.3 Å². The predicted molar refractivity (Wildman–Crippen MR) is 49.4 cm³/mol. The molecule has 0 heterocycles. The molecule has 0 bridgehead atoms. The molecule has 1 aromatic rings. The second-order valence-corrected chi connectivity index (χ2v) is 2.09. The quantitative estimate of drug-likeness (QED) is 0.631. The number of ether oxygens (including phenoxy) is 1. The van der Waals surface area contributed by atoms with Crippen molar-refractivity contribution in [2.45, 2.75) is 13.8 Å². The van der Waals surface area contributed by atoms with E-state index in [0.29, 0.717) is 0 Å². The van der Waals surface area contributed by atoms with E-state index in [1.54, 1.807) is 19.2 Å². The van der Waals surface area contributed by atoms with Crippen molar-refractivity contribution in [3.63, 3.8) is 0 Å². The van der Waals surface area contributed by atoms with Crippen molar-refractivity contribution in [1.82, 2.24) is 0 Å². The Morgan fingerprint density at radius 2 is 1.55 bits per heavy atom. The molecule has 0 N–H and O–H groups in total. The first-order chi connectivity index (χ1) is 5.33. The Hall–Kier alpha value is -0.690. The molecule has 1 aromatic carbocycles. The molecule has 2 heteroatoms. The highest BCUT2D eigenvalue weighted by molar-refractivity contribution is 6.30. The molecule has 1 nitrogen and oxygen atoms in total. The molecule has 11 heavy (non-hydrogen) atoms. The maximum absolute atomic E-state index is 5.61. The van der Waals surface area contributed by atoms with Gasteiger partial charge in [0.1, 0.15) is 5.75 Å². The van der Waals surface area contributed by atoms with Crippen LogP contribution in [0.25, 0.3) is 0 Å². The van der Waals surface area contributed by atoms with Gasteiger partial charge in [0.05, 0.1) is 7.11 Å². The van der Waals surface area contributed by atoms with Crippen LogP contribution in [0.15, 0.2) is 24.3 Å². The van der Waals surface area contributed by atoms with Crippen LogP contribution in [-0.4, -0.2) is 7.11 Å². The molecule has 0 saturated heterocycles. The maximum atomic E-state index is 5.61. The molecule has 0 fully saturated rings. The zero-order valence-electron chi connectivity index (χ0n) is 7.10. The summed E-state index contributed by atoms with van der Waals surface area (Å²) >= 11 is 5.61. The van der Waals surface area contributed by atoms with E-state index in [1.165, 1.54) is 0 Å². The average Bonchev–Trinajstić information content (AvgIpc) is 2.10. The SMILES string of the molecule is CC.COc1ccc(Cl)cc1. The van der Waals surface area contributed by atoms with E-state index in [0.717, 1.165) is 10.8 Å². The van der Waals surface area contributed by atoms with E-state index in [-0.39, 0.29) is 0 Å². The van der Waals surface area contributed by atoms with Gasteiger partial charge in [-0.15, -0.1) is 0 Å². The van der Waals surface area contributed by atoms with Gasteiger partial charge in [0.15, 0.2) is 0 Å². The van der Waals surface area contributed by atoms with Crippen molar-refractivity contribution in [3.05, 3.63) is 29.3 Å². The third kappa shape index (κ3) is 3.89. The van der Waals surface area contributed by atoms with Crippen LogP contribution in [-0.2, 0) is 0 Å². The van der Waals surface area contributed by atoms with Crippen molar-refractivity contribution in [2.24, 2.45) is 0 Å². The van der Waals surface area contributed by atoms with E-state index in [9.17, 15) is 0 Å². The van der Waals surface area contributed by atoms with Crippen LogP contribution >= 0.6 is 11.6 Å². The third-order valence-corrected chi connectivity index (χ3v) is 1.30. The van der Waals surface area contributed by atoms with Gasteiger partial charge in [-0.2, -0.15) is 0 Å². The van der Waals surface area contributed by atoms with Crippen molar-refractivity contribution >= 4 is 11.6 Å². The minimum absolute atomic E-state index is 0.732. The summed E-state index contributed by atoms with van der Waals surface area (Å²) in [6.45, 7) is 4.00. The van der Waals surface area contributed by atoms with Gasteiger partial charge in [-0.1, -0.05) is 25.4 Å². The number of rotatable bonds is 1. The van der Waals surface area contributed by atoms with Crippen molar-refractivity contribution < 1.29 is 4.74 Å². The summed E-state index contributed by atoms with van der Waals surface area (Å²) in [6, 6.07) is 7.23. The lowest BCUT2D eigenvalue weighted by molar-refractivity contribution is 0.415. The van der Waals surface area contributed by atoms with E-state index in [4.69, 9.17) is 16.3 Å². The first-order valence-corrected chi connectivity index (χ1v) is 4.00. The van der Waals surface area contributed by atoms with E-state index in [2.05, 4.69) is 0 Å². The summed E-state index contributed by atoms with van der Waals surface area (Å²) in [4.78, 5) is 0. The molecule has 0 aliphatic rings. The summed E-state index contributed by atoms with van der Waals surface area (Å²) < 4.78 is 4.91. The Morgan fingerprint density at radius 1 is 1.09 bits per heavy atom. The van der Waals surface area contributed by atoms with Gasteiger partial charge in [0.2, 0.25) is 0 Å².